The van der Waals surface area contributed by atoms with Gasteiger partial charge in [0.2, 0.25) is 11.8 Å². The van der Waals surface area contributed by atoms with Crippen molar-refractivity contribution in [3.63, 3.8) is 0 Å². The van der Waals surface area contributed by atoms with Gasteiger partial charge >= 0.3 is 0 Å². The molecule has 0 unspecified atom stereocenters. The Labute approximate surface area is 96.5 Å². The first-order chi connectivity index (χ1) is 8.31. The van der Waals surface area contributed by atoms with Crippen molar-refractivity contribution in [3.8, 4) is 0 Å². The summed E-state index contributed by atoms with van der Waals surface area (Å²) >= 11 is 0. The molecule has 0 aromatic carbocycles. The number of rotatable bonds is 3. The van der Waals surface area contributed by atoms with Crippen LogP contribution in [0.3, 0.4) is 0 Å². The first-order valence-corrected chi connectivity index (χ1v) is 5.16. The largest absolute Gasteiger partial charge is 0.345 e. The van der Waals surface area contributed by atoms with E-state index in [1.54, 1.807) is 11.4 Å². The smallest absolute Gasteiger partial charge is 0.243 e. The van der Waals surface area contributed by atoms with E-state index in [1.807, 2.05) is 24.4 Å². The third-order valence-electron chi connectivity index (χ3n) is 2.22. The Morgan fingerprint density at radius 3 is 3.06 bits per heavy atom. The van der Waals surface area contributed by atoms with E-state index < -0.39 is 0 Å². The van der Waals surface area contributed by atoms with Gasteiger partial charge in [0.25, 0.3) is 0 Å². The van der Waals surface area contributed by atoms with Gasteiger partial charge in [0, 0.05) is 13.1 Å². The van der Waals surface area contributed by atoms with E-state index in [2.05, 4.69) is 25.5 Å². The van der Waals surface area contributed by atoms with Crippen LogP contribution in [-0.4, -0.2) is 24.7 Å². The predicted molar refractivity (Wildman–Crippen MR) is 59.3 cm³/mol. The van der Waals surface area contributed by atoms with E-state index >= 15 is 0 Å². The topological polar surface area (TPSA) is 81.1 Å². The molecule has 0 atom stereocenters. The Hall–Kier alpha value is -2.44. The van der Waals surface area contributed by atoms with Crippen LogP contribution in [0.4, 0.5) is 5.95 Å². The summed E-state index contributed by atoms with van der Waals surface area (Å²) in [5.74, 6) is 1.67. The van der Waals surface area contributed by atoms with Gasteiger partial charge in [-0.1, -0.05) is 11.2 Å². The lowest BCUT2D eigenvalue weighted by Gasteiger charge is -1.94. The summed E-state index contributed by atoms with van der Waals surface area (Å²) in [6.45, 7) is 2.19. The molecule has 17 heavy (non-hydrogen) atoms. The minimum Gasteiger partial charge on any atom is -0.345 e. The normalized spacial score (nSPS) is 10.9. The van der Waals surface area contributed by atoms with Crippen molar-refractivity contribution in [2.75, 3.05) is 5.32 Å². The summed E-state index contributed by atoms with van der Waals surface area (Å²) in [5.41, 5.74) is 0.791. The molecule has 0 bridgehead atoms. The fourth-order valence-corrected chi connectivity index (χ4v) is 1.48. The molecule has 0 amide bonds. The van der Waals surface area contributed by atoms with Gasteiger partial charge in [0.05, 0.1) is 6.54 Å². The number of pyridine rings is 1. The van der Waals surface area contributed by atoms with Crippen LogP contribution in [0.5, 0.6) is 0 Å². The molecule has 0 saturated carbocycles. The summed E-state index contributed by atoms with van der Waals surface area (Å²) in [6.07, 6.45) is 1.84. The number of aromatic nitrogens is 5. The van der Waals surface area contributed by atoms with Crippen LogP contribution in [0, 0.1) is 6.92 Å². The summed E-state index contributed by atoms with van der Waals surface area (Å²) in [7, 11) is 0. The number of anilines is 1. The molecule has 0 saturated heterocycles. The summed E-state index contributed by atoms with van der Waals surface area (Å²) < 4.78 is 6.56. The first-order valence-electron chi connectivity index (χ1n) is 5.16. The van der Waals surface area contributed by atoms with Crippen LogP contribution in [0.1, 0.15) is 11.7 Å². The maximum atomic E-state index is 4.86. The average Bonchev–Trinajstić information content (AvgIpc) is 2.91. The minimum absolute atomic E-state index is 0.439. The van der Waals surface area contributed by atoms with E-state index in [0.29, 0.717) is 24.2 Å². The van der Waals surface area contributed by atoms with E-state index in [4.69, 9.17) is 4.52 Å². The number of hydrogen-bond acceptors (Lipinski definition) is 6. The fourth-order valence-electron chi connectivity index (χ4n) is 1.48. The van der Waals surface area contributed by atoms with Crippen molar-refractivity contribution in [3.05, 3.63) is 36.1 Å². The Balaban J connectivity index is 1.76. The predicted octanol–water partition coefficient (Wildman–Crippen LogP) is 1.03. The molecular formula is C10H10N6O. The molecule has 7 nitrogen and oxygen atoms in total. The zero-order valence-electron chi connectivity index (χ0n) is 9.16. The van der Waals surface area contributed by atoms with Gasteiger partial charge in [0.1, 0.15) is 0 Å². The van der Waals surface area contributed by atoms with Crippen molar-refractivity contribution < 1.29 is 4.52 Å². The van der Waals surface area contributed by atoms with E-state index in [-0.39, 0.29) is 0 Å². The Morgan fingerprint density at radius 2 is 2.29 bits per heavy atom. The van der Waals surface area contributed by atoms with Crippen LogP contribution in [0.15, 0.2) is 28.9 Å². The Kier molecular flexibility index (Phi) is 2.21. The SMILES string of the molecule is Cc1nc(CNc2nc3ccccn3n2)no1. The van der Waals surface area contributed by atoms with Gasteiger partial charge in [-0.25, -0.2) is 4.52 Å². The third-order valence-corrected chi connectivity index (χ3v) is 2.22. The fraction of sp³-hybridized carbons (Fsp3) is 0.200. The van der Waals surface area contributed by atoms with Gasteiger partial charge in [0.15, 0.2) is 11.5 Å². The quantitative estimate of drug-likeness (QED) is 0.723. The molecule has 0 aliphatic heterocycles. The van der Waals surface area contributed by atoms with Crippen LogP contribution >= 0.6 is 0 Å². The highest BCUT2D eigenvalue weighted by Gasteiger charge is 2.05. The van der Waals surface area contributed by atoms with Gasteiger partial charge in [-0.2, -0.15) is 9.97 Å². The van der Waals surface area contributed by atoms with Gasteiger partial charge in [-0.05, 0) is 12.1 Å². The molecule has 0 fully saturated rings. The molecule has 0 radical (unpaired) electrons. The van der Waals surface area contributed by atoms with Crippen LogP contribution in [-0.2, 0) is 6.54 Å². The van der Waals surface area contributed by atoms with Crippen molar-refractivity contribution in [2.45, 2.75) is 13.5 Å². The zero-order valence-corrected chi connectivity index (χ0v) is 9.16. The second-order valence-electron chi connectivity index (χ2n) is 3.52. The van der Waals surface area contributed by atoms with Gasteiger partial charge in [-0.15, -0.1) is 5.10 Å². The minimum atomic E-state index is 0.439. The van der Waals surface area contributed by atoms with Gasteiger partial charge in [-0.3, -0.25) is 0 Å². The Morgan fingerprint density at radius 1 is 1.35 bits per heavy atom. The van der Waals surface area contributed by atoms with Crippen LogP contribution in [0.25, 0.3) is 5.65 Å². The lowest BCUT2D eigenvalue weighted by molar-refractivity contribution is 0.388. The van der Waals surface area contributed by atoms with Crippen molar-refractivity contribution in [1.29, 1.82) is 0 Å². The average molecular weight is 230 g/mol. The van der Waals surface area contributed by atoms with E-state index in [9.17, 15) is 0 Å². The maximum absolute atomic E-state index is 4.86. The maximum Gasteiger partial charge on any atom is 0.243 e. The van der Waals surface area contributed by atoms with Crippen LogP contribution in [0.2, 0.25) is 0 Å². The lowest BCUT2D eigenvalue weighted by Crippen LogP contribution is -2.02. The summed E-state index contributed by atoms with van der Waals surface area (Å²) in [5, 5.41) is 11.1. The molecular weight excluding hydrogens is 220 g/mol. The molecule has 3 heterocycles. The standard InChI is InChI=1S/C10H10N6O/c1-7-12-8(15-17-7)6-11-10-13-9-4-2-3-5-16(9)14-10/h2-5H,6H2,1H3,(H,11,14). The molecule has 0 aliphatic rings. The first kappa shape index (κ1) is 9.76. The number of fused-ring (bicyclic) bond motifs is 1. The number of aryl methyl sites for hydroxylation is 1. The van der Waals surface area contributed by atoms with Crippen molar-refractivity contribution in [1.82, 2.24) is 24.7 Å². The highest BCUT2D eigenvalue weighted by molar-refractivity contribution is 5.42. The zero-order chi connectivity index (χ0) is 11.7. The summed E-state index contributed by atoms with van der Waals surface area (Å²) in [6, 6.07) is 5.70. The van der Waals surface area contributed by atoms with Crippen molar-refractivity contribution >= 4 is 11.6 Å². The summed E-state index contributed by atoms with van der Waals surface area (Å²) in [4.78, 5) is 8.37. The number of hydrogen-bond donors (Lipinski definition) is 1. The second kappa shape index (κ2) is 3.85. The number of nitrogens with zero attached hydrogens (tertiary/aromatic N) is 5. The van der Waals surface area contributed by atoms with Gasteiger partial charge < -0.3 is 9.84 Å². The molecule has 86 valence electrons. The Bertz CT molecular complexity index is 610. The lowest BCUT2D eigenvalue weighted by atomic mass is 10.5. The van der Waals surface area contributed by atoms with E-state index in [1.165, 1.54) is 0 Å². The highest BCUT2D eigenvalue weighted by Crippen LogP contribution is 2.05. The molecule has 7 heteroatoms. The van der Waals surface area contributed by atoms with Crippen molar-refractivity contribution in [2.24, 2.45) is 0 Å². The molecule has 3 aromatic rings. The molecule has 0 spiro atoms. The number of nitrogens with one attached hydrogen (secondary N) is 1. The second-order valence-corrected chi connectivity index (χ2v) is 3.52. The molecule has 0 aliphatic carbocycles. The highest BCUT2D eigenvalue weighted by atomic mass is 16.5. The molecule has 3 rings (SSSR count). The molecule has 3 aromatic heterocycles. The third kappa shape index (κ3) is 1.94. The monoisotopic (exact) mass is 230 g/mol. The van der Waals surface area contributed by atoms with Crippen LogP contribution < -0.4 is 5.32 Å². The van der Waals surface area contributed by atoms with E-state index in [0.717, 1.165) is 5.65 Å². The molecule has 1 N–H and O–H groups in total.